The minimum absolute atomic E-state index is 0.0350. The Morgan fingerprint density at radius 2 is 2.15 bits per heavy atom. The van der Waals surface area contributed by atoms with Crippen molar-refractivity contribution in [1.29, 1.82) is 0 Å². The van der Waals surface area contributed by atoms with Gasteiger partial charge in [-0.1, -0.05) is 17.7 Å². The van der Waals surface area contributed by atoms with E-state index in [9.17, 15) is 4.79 Å². The first-order valence-corrected chi connectivity index (χ1v) is 7.21. The molecule has 1 aromatic rings. The van der Waals surface area contributed by atoms with Crippen LogP contribution in [0.5, 0.6) is 0 Å². The van der Waals surface area contributed by atoms with Crippen molar-refractivity contribution in [2.75, 3.05) is 43.1 Å². The van der Waals surface area contributed by atoms with E-state index in [0.29, 0.717) is 37.6 Å². The molecule has 20 heavy (non-hydrogen) atoms. The Balaban J connectivity index is 2.15. The third kappa shape index (κ3) is 3.85. The molecule has 1 amide bonds. The summed E-state index contributed by atoms with van der Waals surface area (Å²) in [6, 6.07) is 5.55. The third-order valence-corrected chi connectivity index (χ3v) is 3.50. The lowest BCUT2D eigenvalue weighted by Crippen LogP contribution is -2.37. The topological polar surface area (TPSA) is 67.6 Å². The summed E-state index contributed by atoms with van der Waals surface area (Å²) in [4.78, 5) is 14.0. The molecule has 0 spiro atoms. The Bertz CT molecular complexity index is 462. The second kappa shape index (κ2) is 7.47. The van der Waals surface area contributed by atoms with Crippen molar-refractivity contribution in [1.82, 2.24) is 0 Å². The van der Waals surface area contributed by atoms with E-state index in [1.165, 1.54) is 0 Å². The van der Waals surface area contributed by atoms with E-state index in [1.807, 2.05) is 18.2 Å². The molecule has 0 atom stereocenters. The predicted octanol–water partition coefficient (Wildman–Crippen LogP) is 1.85. The number of nitrogens with zero attached hydrogens (tertiary/aromatic N) is 1. The lowest BCUT2D eigenvalue weighted by molar-refractivity contribution is -0.116. The average molecular weight is 298 g/mol. The van der Waals surface area contributed by atoms with Gasteiger partial charge in [-0.3, -0.25) is 4.79 Å². The number of ether oxygens (including phenoxy) is 1. The first-order valence-electron chi connectivity index (χ1n) is 6.83. The molecule has 0 aromatic heterocycles. The number of nitrogens with two attached hydrogens (primary N) is 1. The standard InChI is InChI=1S/C14H20ClN3O2/c15-11-3-1-4-12(17-13(19)5-2-6-16)14(11)18-7-9-20-10-8-18/h1,3-4H,2,5-10,16H2,(H,17,19). The third-order valence-electron chi connectivity index (χ3n) is 3.20. The Morgan fingerprint density at radius 3 is 2.85 bits per heavy atom. The fraction of sp³-hybridized carbons (Fsp3) is 0.500. The number of hydrogen-bond donors (Lipinski definition) is 2. The maximum absolute atomic E-state index is 11.9. The quantitative estimate of drug-likeness (QED) is 0.870. The predicted molar refractivity (Wildman–Crippen MR) is 81.4 cm³/mol. The van der Waals surface area contributed by atoms with Crippen LogP contribution >= 0.6 is 11.6 Å². The molecular weight excluding hydrogens is 278 g/mol. The second-order valence-electron chi connectivity index (χ2n) is 4.68. The van der Waals surface area contributed by atoms with Crippen molar-refractivity contribution in [3.63, 3.8) is 0 Å². The first kappa shape index (κ1) is 15.1. The number of rotatable bonds is 5. The molecule has 0 radical (unpaired) electrons. The van der Waals surface area contributed by atoms with E-state index in [0.717, 1.165) is 24.5 Å². The van der Waals surface area contributed by atoms with Crippen molar-refractivity contribution in [2.24, 2.45) is 5.73 Å². The van der Waals surface area contributed by atoms with Crippen LogP contribution in [0.3, 0.4) is 0 Å². The number of morpholine rings is 1. The first-order chi connectivity index (χ1) is 9.72. The maximum Gasteiger partial charge on any atom is 0.224 e. The van der Waals surface area contributed by atoms with Gasteiger partial charge < -0.3 is 20.7 Å². The average Bonchev–Trinajstić information content (AvgIpc) is 2.46. The highest BCUT2D eigenvalue weighted by molar-refractivity contribution is 6.34. The zero-order valence-electron chi connectivity index (χ0n) is 11.4. The Hall–Kier alpha value is -1.30. The minimum atomic E-state index is -0.0350. The summed E-state index contributed by atoms with van der Waals surface area (Å²) < 4.78 is 5.35. The lowest BCUT2D eigenvalue weighted by Gasteiger charge is -2.31. The van der Waals surface area contributed by atoms with Gasteiger partial charge in [0.15, 0.2) is 0 Å². The van der Waals surface area contributed by atoms with Gasteiger partial charge in [-0.2, -0.15) is 0 Å². The number of para-hydroxylation sites is 1. The van der Waals surface area contributed by atoms with Crippen LogP contribution in [0.25, 0.3) is 0 Å². The fourth-order valence-electron chi connectivity index (χ4n) is 2.20. The molecule has 0 saturated carbocycles. The Labute approximate surface area is 124 Å². The summed E-state index contributed by atoms with van der Waals surface area (Å²) in [5, 5.41) is 3.56. The van der Waals surface area contributed by atoms with Crippen molar-refractivity contribution in [3.05, 3.63) is 23.2 Å². The molecule has 1 aromatic carbocycles. The van der Waals surface area contributed by atoms with E-state index < -0.39 is 0 Å². The number of hydrogen-bond acceptors (Lipinski definition) is 4. The molecule has 1 fully saturated rings. The number of benzene rings is 1. The Morgan fingerprint density at radius 1 is 1.40 bits per heavy atom. The molecule has 1 aliphatic rings. The second-order valence-corrected chi connectivity index (χ2v) is 5.08. The summed E-state index contributed by atoms with van der Waals surface area (Å²) in [6.45, 7) is 3.40. The highest BCUT2D eigenvalue weighted by atomic mass is 35.5. The van der Waals surface area contributed by atoms with Crippen LogP contribution in [0.4, 0.5) is 11.4 Å². The molecule has 0 bridgehead atoms. The molecule has 0 unspecified atom stereocenters. The van der Waals surface area contributed by atoms with Crippen LogP contribution in [0.15, 0.2) is 18.2 Å². The van der Waals surface area contributed by atoms with Gasteiger partial charge in [-0.15, -0.1) is 0 Å². The monoisotopic (exact) mass is 297 g/mol. The molecule has 1 aliphatic heterocycles. The number of carbonyl (C=O) groups excluding carboxylic acids is 1. The van der Waals surface area contributed by atoms with Gasteiger partial charge in [0.1, 0.15) is 0 Å². The van der Waals surface area contributed by atoms with E-state index in [2.05, 4.69) is 10.2 Å². The summed E-state index contributed by atoms with van der Waals surface area (Å²) in [5.74, 6) is -0.0350. The number of amides is 1. The molecule has 6 heteroatoms. The van der Waals surface area contributed by atoms with Crippen LogP contribution in [0, 0.1) is 0 Å². The molecule has 1 saturated heterocycles. The zero-order valence-corrected chi connectivity index (χ0v) is 12.2. The summed E-state index contributed by atoms with van der Waals surface area (Å²) in [6.07, 6.45) is 1.10. The fourth-order valence-corrected chi connectivity index (χ4v) is 2.49. The van der Waals surface area contributed by atoms with Gasteiger partial charge >= 0.3 is 0 Å². The van der Waals surface area contributed by atoms with E-state index in [1.54, 1.807) is 0 Å². The number of halogens is 1. The Kier molecular flexibility index (Phi) is 5.64. The van der Waals surface area contributed by atoms with Gasteiger partial charge in [0.05, 0.1) is 29.6 Å². The minimum Gasteiger partial charge on any atom is -0.378 e. The van der Waals surface area contributed by atoms with E-state index >= 15 is 0 Å². The van der Waals surface area contributed by atoms with Crippen LogP contribution in [0.2, 0.25) is 5.02 Å². The molecule has 3 N–H and O–H groups in total. The lowest BCUT2D eigenvalue weighted by atomic mass is 10.2. The number of anilines is 2. The van der Waals surface area contributed by atoms with Crippen LogP contribution < -0.4 is 16.0 Å². The number of carbonyl (C=O) groups is 1. The van der Waals surface area contributed by atoms with Crippen molar-refractivity contribution < 1.29 is 9.53 Å². The smallest absolute Gasteiger partial charge is 0.224 e. The van der Waals surface area contributed by atoms with Gasteiger partial charge in [-0.05, 0) is 25.1 Å². The molecular formula is C14H20ClN3O2. The highest BCUT2D eigenvalue weighted by Gasteiger charge is 2.18. The summed E-state index contributed by atoms with van der Waals surface area (Å²) in [5.41, 5.74) is 7.04. The van der Waals surface area contributed by atoms with Gasteiger partial charge in [0.2, 0.25) is 5.91 Å². The van der Waals surface area contributed by atoms with Gasteiger partial charge in [-0.25, -0.2) is 0 Å². The summed E-state index contributed by atoms with van der Waals surface area (Å²) >= 11 is 6.30. The van der Waals surface area contributed by atoms with Crippen LogP contribution in [0.1, 0.15) is 12.8 Å². The van der Waals surface area contributed by atoms with E-state index in [-0.39, 0.29) is 5.91 Å². The molecule has 0 aliphatic carbocycles. The van der Waals surface area contributed by atoms with Crippen LogP contribution in [-0.4, -0.2) is 38.8 Å². The molecule has 2 rings (SSSR count). The van der Waals surface area contributed by atoms with Crippen molar-refractivity contribution in [3.8, 4) is 0 Å². The van der Waals surface area contributed by atoms with Gasteiger partial charge in [0, 0.05) is 19.5 Å². The largest absolute Gasteiger partial charge is 0.378 e. The van der Waals surface area contributed by atoms with Crippen molar-refractivity contribution >= 4 is 28.9 Å². The number of nitrogens with one attached hydrogen (secondary N) is 1. The molecule has 110 valence electrons. The maximum atomic E-state index is 11.9. The normalized spacial score (nSPS) is 15.2. The van der Waals surface area contributed by atoms with E-state index in [4.69, 9.17) is 22.1 Å². The van der Waals surface area contributed by atoms with Gasteiger partial charge in [0.25, 0.3) is 0 Å². The zero-order chi connectivity index (χ0) is 14.4. The van der Waals surface area contributed by atoms with Crippen LogP contribution in [-0.2, 0) is 9.53 Å². The highest BCUT2D eigenvalue weighted by Crippen LogP contribution is 2.34. The summed E-state index contributed by atoms with van der Waals surface area (Å²) in [7, 11) is 0. The SMILES string of the molecule is NCCCC(=O)Nc1cccc(Cl)c1N1CCOCC1. The molecule has 1 heterocycles. The van der Waals surface area contributed by atoms with Crippen molar-refractivity contribution in [2.45, 2.75) is 12.8 Å². The molecule has 5 nitrogen and oxygen atoms in total.